The summed E-state index contributed by atoms with van der Waals surface area (Å²) in [6.07, 6.45) is 2.48. The summed E-state index contributed by atoms with van der Waals surface area (Å²) in [5.41, 5.74) is -0.474. The van der Waals surface area contributed by atoms with Gasteiger partial charge in [-0.3, -0.25) is 14.4 Å². The first kappa shape index (κ1) is 13.0. The van der Waals surface area contributed by atoms with Gasteiger partial charge in [0.1, 0.15) is 0 Å². The van der Waals surface area contributed by atoms with E-state index in [-0.39, 0.29) is 12.8 Å². The summed E-state index contributed by atoms with van der Waals surface area (Å²) in [7, 11) is 0. The van der Waals surface area contributed by atoms with Crippen LogP contribution in [0.15, 0.2) is 33.7 Å². The molecule has 0 unspecified atom stereocenters. The van der Waals surface area contributed by atoms with Crippen molar-refractivity contribution in [1.82, 2.24) is 9.89 Å². The Bertz CT molecular complexity index is 768. The first-order valence-corrected chi connectivity index (χ1v) is 6.91. The summed E-state index contributed by atoms with van der Waals surface area (Å²) < 4.78 is 0.828. The van der Waals surface area contributed by atoms with E-state index in [0.717, 1.165) is 14.3 Å². The van der Waals surface area contributed by atoms with E-state index in [9.17, 15) is 14.4 Å². The van der Waals surface area contributed by atoms with Crippen LogP contribution in [0.3, 0.4) is 0 Å². The van der Waals surface area contributed by atoms with Crippen molar-refractivity contribution >= 4 is 38.5 Å². The number of carbonyl (C=O) groups excluding carboxylic acids is 2. The first-order valence-electron chi connectivity index (χ1n) is 6.11. The maximum Gasteiger partial charge on any atom is 0.294 e. The topological polar surface area (TPSA) is 72.3 Å². The molecule has 0 atom stereocenters. The Morgan fingerprint density at radius 3 is 2.50 bits per heavy atom. The Hall–Kier alpha value is -2.02. The third-order valence-electron chi connectivity index (χ3n) is 3.18. The van der Waals surface area contributed by atoms with Gasteiger partial charge in [-0.2, -0.15) is 10.1 Å². The lowest BCUT2D eigenvalue weighted by Gasteiger charge is -2.24. The minimum absolute atomic E-state index is 0.248. The van der Waals surface area contributed by atoms with Crippen LogP contribution in [0.25, 0.3) is 10.8 Å². The number of nitrogens with zero attached hydrogens (tertiary/aromatic N) is 3. The maximum absolute atomic E-state index is 12.4. The summed E-state index contributed by atoms with van der Waals surface area (Å²) in [6.45, 7) is 0. The summed E-state index contributed by atoms with van der Waals surface area (Å²) in [6, 6.07) is 5.13. The molecule has 0 aliphatic carbocycles. The molecule has 0 bridgehead atoms. The second-order valence-corrected chi connectivity index (χ2v) is 5.44. The van der Waals surface area contributed by atoms with E-state index in [1.54, 1.807) is 18.2 Å². The number of amides is 2. The fraction of sp³-hybridized carbons (Fsp3) is 0.231. The second-order valence-electron chi connectivity index (χ2n) is 4.52. The molecule has 1 aromatic carbocycles. The van der Waals surface area contributed by atoms with Gasteiger partial charge >= 0.3 is 0 Å². The van der Waals surface area contributed by atoms with Crippen molar-refractivity contribution in [3.8, 4) is 0 Å². The zero-order valence-corrected chi connectivity index (χ0v) is 12.0. The number of hydrogen-bond donors (Lipinski definition) is 0. The van der Waals surface area contributed by atoms with Crippen LogP contribution >= 0.6 is 15.9 Å². The molecule has 2 amide bonds. The first-order chi connectivity index (χ1) is 9.58. The van der Waals surface area contributed by atoms with Crippen LogP contribution in [-0.2, 0) is 9.59 Å². The largest absolute Gasteiger partial charge is 0.294 e. The Labute approximate surface area is 122 Å². The van der Waals surface area contributed by atoms with Crippen LogP contribution in [0.4, 0.5) is 0 Å². The number of hydrogen-bond acceptors (Lipinski definition) is 4. The zero-order chi connectivity index (χ0) is 14.3. The molecule has 102 valence electrons. The molecule has 1 aliphatic rings. The molecule has 6 nitrogen and oxygen atoms in total. The van der Waals surface area contributed by atoms with E-state index in [0.29, 0.717) is 17.2 Å². The van der Waals surface area contributed by atoms with E-state index < -0.39 is 17.4 Å². The lowest BCUT2D eigenvalue weighted by atomic mass is 10.1. The standard InChI is InChI=1S/C13H10BrN3O3/c14-9-4-5-10-8(6-9)7-15-17(13(10)20)16-11(18)2-1-3-12(16)19/h4-7H,1-3H2. The normalized spacial score (nSPS) is 15.9. The number of carbonyl (C=O) groups is 2. The maximum atomic E-state index is 12.4. The summed E-state index contributed by atoms with van der Waals surface area (Å²) in [5.74, 6) is -0.792. The van der Waals surface area contributed by atoms with Crippen LogP contribution in [0.2, 0.25) is 0 Å². The highest BCUT2D eigenvalue weighted by Crippen LogP contribution is 2.17. The molecule has 0 radical (unpaired) electrons. The summed E-state index contributed by atoms with van der Waals surface area (Å²) in [5, 5.41) is 5.84. The minimum atomic E-state index is -0.474. The van der Waals surface area contributed by atoms with Gasteiger partial charge in [-0.1, -0.05) is 15.9 Å². The van der Waals surface area contributed by atoms with Crippen molar-refractivity contribution in [2.75, 3.05) is 5.01 Å². The highest BCUT2D eigenvalue weighted by molar-refractivity contribution is 9.10. The number of fused-ring (bicyclic) bond motifs is 1. The van der Waals surface area contributed by atoms with Gasteiger partial charge in [-0.25, -0.2) is 0 Å². The van der Waals surface area contributed by atoms with E-state index in [4.69, 9.17) is 0 Å². The highest BCUT2D eigenvalue weighted by Gasteiger charge is 2.29. The van der Waals surface area contributed by atoms with E-state index in [1.165, 1.54) is 6.20 Å². The number of imide groups is 1. The zero-order valence-electron chi connectivity index (χ0n) is 10.4. The lowest BCUT2D eigenvalue weighted by molar-refractivity contribution is -0.131. The molecule has 1 aromatic heterocycles. The van der Waals surface area contributed by atoms with Crippen LogP contribution in [0, 0.1) is 0 Å². The molecular weight excluding hydrogens is 326 g/mol. The third kappa shape index (κ3) is 2.03. The monoisotopic (exact) mass is 335 g/mol. The van der Waals surface area contributed by atoms with E-state index in [2.05, 4.69) is 21.0 Å². The molecule has 1 saturated heterocycles. The summed E-state index contributed by atoms with van der Waals surface area (Å²) >= 11 is 3.32. The Morgan fingerprint density at radius 2 is 1.80 bits per heavy atom. The summed E-state index contributed by atoms with van der Waals surface area (Å²) in [4.78, 5) is 36.9. The van der Waals surface area contributed by atoms with E-state index in [1.807, 2.05) is 0 Å². The Balaban J connectivity index is 2.19. The molecule has 20 heavy (non-hydrogen) atoms. The van der Waals surface area contributed by atoms with Gasteiger partial charge in [0, 0.05) is 22.7 Å². The van der Waals surface area contributed by atoms with Crippen molar-refractivity contribution in [2.24, 2.45) is 0 Å². The Kier molecular flexibility index (Phi) is 3.13. The third-order valence-corrected chi connectivity index (χ3v) is 3.67. The predicted molar refractivity (Wildman–Crippen MR) is 75.8 cm³/mol. The number of benzene rings is 1. The van der Waals surface area contributed by atoms with Crippen LogP contribution in [-0.4, -0.2) is 21.7 Å². The molecule has 2 heterocycles. The van der Waals surface area contributed by atoms with Crippen molar-refractivity contribution in [3.05, 3.63) is 39.2 Å². The number of halogens is 1. The van der Waals surface area contributed by atoms with Crippen LogP contribution in [0.1, 0.15) is 19.3 Å². The van der Waals surface area contributed by atoms with Crippen molar-refractivity contribution in [2.45, 2.75) is 19.3 Å². The van der Waals surface area contributed by atoms with Gasteiger partial charge in [0.05, 0.1) is 11.6 Å². The number of aromatic nitrogens is 2. The van der Waals surface area contributed by atoms with E-state index >= 15 is 0 Å². The number of rotatable bonds is 1. The van der Waals surface area contributed by atoms with Crippen molar-refractivity contribution < 1.29 is 9.59 Å². The van der Waals surface area contributed by atoms with Crippen molar-refractivity contribution in [3.63, 3.8) is 0 Å². The van der Waals surface area contributed by atoms with Gasteiger partial charge in [0.25, 0.3) is 5.56 Å². The van der Waals surface area contributed by atoms with Gasteiger partial charge in [0.15, 0.2) is 0 Å². The Morgan fingerprint density at radius 1 is 1.10 bits per heavy atom. The molecule has 0 N–H and O–H groups in total. The average Bonchev–Trinajstić information content (AvgIpc) is 2.41. The smallest absolute Gasteiger partial charge is 0.272 e. The fourth-order valence-electron chi connectivity index (χ4n) is 2.21. The average molecular weight is 336 g/mol. The van der Waals surface area contributed by atoms with Crippen LogP contribution < -0.4 is 10.6 Å². The SMILES string of the molecule is O=C1CCCC(=O)N1n1ncc2cc(Br)ccc2c1=O. The second kappa shape index (κ2) is 4.82. The van der Waals surface area contributed by atoms with Gasteiger partial charge < -0.3 is 0 Å². The van der Waals surface area contributed by atoms with Gasteiger partial charge in [-0.15, -0.1) is 4.79 Å². The highest BCUT2D eigenvalue weighted by atomic mass is 79.9. The fourth-order valence-corrected chi connectivity index (χ4v) is 2.59. The minimum Gasteiger partial charge on any atom is -0.272 e. The number of piperidine rings is 1. The molecule has 7 heteroatoms. The molecule has 1 aliphatic heterocycles. The molecular formula is C13H10BrN3O3. The van der Waals surface area contributed by atoms with Crippen LogP contribution in [0.5, 0.6) is 0 Å². The molecule has 1 fully saturated rings. The lowest BCUT2D eigenvalue weighted by Crippen LogP contribution is -2.53. The molecule has 0 spiro atoms. The molecule has 0 saturated carbocycles. The quantitative estimate of drug-likeness (QED) is 0.737. The molecule has 2 aromatic rings. The predicted octanol–water partition coefficient (Wildman–Crippen LogP) is 1.33. The van der Waals surface area contributed by atoms with Crippen molar-refractivity contribution in [1.29, 1.82) is 0 Å². The van der Waals surface area contributed by atoms with Gasteiger partial charge in [0.2, 0.25) is 11.8 Å². The van der Waals surface area contributed by atoms with Gasteiger partial charge in [-0.05, 0) is 24.6 Å². The molecule has 3 rings (SSSR count).